The average molecular weight is 204 g/mol. The van der Waals surface area contributed by atoms with Gasteiger partial charge in [-0.2, -0.15) is 0 Å². The minimum Gasteiger partial charge on any atom is -0.385 e. The van der Waals surface area contributed by atoms with Crippen LogP contribution in [0.2, 0.25) is 0 Å². The maximum Gasteiger partial charge on any atom is 0.183 e. The summed E-state index contributed by atoms with van der Waals surface area (Å²) in [4.78, 5) is 0. The van der Waals surface area contributed by atoms with E-state index < -0.39 is 12.4 Å². The van der Waals surface area contributed by atoms with Crippen LogP contribution in [-0.4, -0.2) is 41.9 Å². The molecule has 0 aromatic carbocycles. The van der Waals surface area contributed by atoms with Gasteiger partial charge in [0.15, 0.2) is 6.29 Å². The summed E-state index contributed by atoms with van der Waals surface area (Å²) in [6.45, 7) is 2.13. The fourth-order valence-corrected chi connectivity index (χ4v) is 1.84. The zero-order valence-corrected chi connectivity index (χ0v) is 8.85. The average Bonchev–Trinajstić information content (AvgIpc) is 2.43. The van der Waals surface area contributed by atoms with E-state index in [9.17, 15) is 10.2 Å². The Morgan fingerprint density at radius 2 is 2.00 bits per heavy atom. The van der Waals surface area contributed by atoms with Crippen molar-refractivity contribution in [3.8, 4) is 0 Å². The lowest BCUT2D eigenvalue weighted by atomic mass is 10.0. The van der Waals surface area contributed by atoms with Crippen LogP contribution in [0.15, 0.2) is 0 Å². The van der Waals surface area contributed by atoms with Crippen molar-refractivity contribution < 1.29 is 19.7 Å². The predicted octanol–water partition coefficient (Wildman–Crippen LogP) is 0.660. The largest absolute Gasteiger partial charge is 0.385 e. The van der Waals surface area contributed by atoms with Crippen molar-refractivity contribution in [2.24, 2.45) is 0 Å². The third-order valence-electron chi connectivity index (χ3n) is 2.67. The third-order valence-corrected chi connectivity index (χ3v) is 2.67. The minimum atomic E-state index is -1.09. The molecular formula is C10H20O4. The fourth-order valence-electron chi connectivity index (χ4n) is 1.84. The van der Waals surface area contributed by atoms with Crippen LogP contribution in [0.3, 0.4) is 0 Å². The Balaban J connectivity index is 2.36. The van der Waals surface area contributed by atoms with E-state index in [4.69, 9.17) is 9.47 Å². The SMILES string of the molecule is CCCCCC1OC(O)C(O)C1OC. The summed E-state index contributed by atoms with van der Waals surface area (Å²) in [7, 11) is 1.53. The molecule has 4 heteroatoms. The van der Waals surface area contributed by atoms with Crippen molar-refractivity contribution in [1.29, 1.82) is 0 Å². The van der Waals surface area contributed by atoms with Crippen LogP contribution in [0.25, 0.3) is 0 Å². The van der Waals surface area contributed by atoms with Crippen LogP contribution in [-0.2, 0) is 9.47 Å². The van der Waals surface area contributed by atoms with Gasteiger partial charge in [0.2, 0.25) is 0 Å². The maximum atomic E-state index is 9.48. The summed E-state index contributed by atoms with van der Waals surface area (Å²) < 4.78 is 10.3. The molecule has 1 fully saturated rings. The molecule has 4 atom stereocenters. The van der Waals surface area contributed by atoms with Gasteiger partial charge >= 0.3 is 0 Å². The molecule has 1 saturated heterocycles. The van der Waals surface area contributed by atoms with Crippen LogP contribution in [0, 0.1) is 0 Å². The van der Waals surface area contributed by atoms with Crippen molar-refractivity contribution in [2.45, 2.75) is 57.2 Å². The van der Waals surface area contributed by atoms with Crippen LogP contribution in [0.5, 0.6) is 0 Å². The van der Waals surface area contributed by atoms with E-state index in [1.54, 1.807) is 0 Å². The smallest absolute Gasteiger partial charge is 0.183 e. The fraction of sp³-hybridized carbons (Fsp3) is 1.00. The van der Waals surface area contributed by atoms with E-state index in [1.165, 1.54) is 7.11 Å². The molecule has 1 heterocycles. The molecule has 1 rings (SSSR count). The highest BCUT2D eigenvalue weighted by atomic mass is 16.7. The summed E-state index contributed by atoms with van der Waals surface area (Å²) in [6.07, 6.45) is 1.61. The third kappa shape index (κ3) is 2.67. The van der Waals surface area contributed by atoms with Crippen LogP contribution in [0.1, 0.15) is 32.6 Å². The standard InChI is InChI=1S/C10H20O4/c1-3-4-5-6-7-9(13-2)8(11)10(12)14-7/h7-12H,3-6H2,1-2H3. The summed E-state index contributed by atoms with van der Waals surface area (Å²) >= 11 is 0. The van der Waals surface area contributed by atoms with Gasteiger partial charge in [-0.3, -0.25) is 0 Å². The maximum absolute atomic E-state index is 9.48. The number of hydrogen-bond acceptors (Lipinski definition) is 4. The molecule has 14 heavy (non-hydrogen) atoms. The van der Waals surface area contributed by atoms with Gasteiger partial charge in [-0.25, -0.2) is 0 Å². The molecule has 4 nitrogen and oxygen atoms in total. The molecule has 84 valence electrons. The molecule has 0 radical (unpaired) electrons. The molecule has 0 saturated carbocycles. The van der Waals surface area contributed by atoms with E-state index in [0.717, 1.165) is 25.7 Å². The number of aliphatic hydroxyl groups is 2. The second kappa shape index (κ2) is 5.66. The molecule has 0 aliphatic carbocycles. The Morgan fingerprint density at radius 1 is 1.29 bits per heavy atom. The summed E-state index contributed by atoms with van der Waals surface area (Å²) in [6, 6.07) is 0. The molecule has 2 N–H and O–H groups in total. The van der Waals surface area contributed by atoms with Gasteiger partial charge in [-0.15, -0.1) is 0 Å². The van der Waals surface area contributed by atoms with Crippen molar-refractivity contribution >= 4 is 0 Å². The molecule has 0 spiro atoms. The molecule has 0 aromatic rings. The number of aliphatic hydroxyl groups excluding tert-OH is 2. The zero-order chi connectivity index (χ0) is 10.6. The molecule has 0 bridgehead atoms. The quantitative estimate of drug-likeness (QED) is 0.646. The first-order chi connectivity index (χ1) is 6.70. The Hall–Kier alpha value is -0.160. The summed E-state index contributed by atoms with van der Waals surface area (Å²) in [5.41, 5.74) is 0. The van der Waals surface area contributed by atoms with Gasteiger partial charge in [-0.05, 0) is 6.42 Å². The van der Waals surface area contributed by atoms with Gasteiger partial charge in [0.05, 0.1) is 6.10 Å². The van der Waals surface area contributed by atoms with Crippen molar-refractivity contribution in [3.05, 3.63) is 0 Å². The zero-order valence-electron chi connectivity index (χ0n) is 8.85. The molecular weight excluding hydrogens is 184 g/mol. The first-order valence-corrected chi connectivity index (χ1v) is 5.25. The van der Waals surface area contributed by atoms with Gasteiger partial charge < -0.3 is 19.7 Å². The molecule has 1 aliphatic rings. The van der Waals surface area contributed by atoms with Crippen LogP contribution >= 0.6 is 0 Å². The first kappa shape index (κ1) is 11.9. The van der Waals surface area contributed by atoms with Crippen LogP contribution in [0.4, 0.5) is 0 Å². The number of unbranched alkanes of at least 4 members (excludes halogenated alkanes) is 2. The van der Waals surface area contributed by atoms with E-state index in [-0.39, 0.29) is 12.2 Å². The Morgan fingerprint density at radius 3 is 2.57 bits per heavy atom. The van der Waals surface area contributed by atoms with Gasteiger partial charge in [0.25, 0.3) is 0 Å². The van der Waals surface area contributed by atoms with Gasteiger partial charge in [0.1, 0.15) is 12.2 Å². The van der Waals surface area contributed by atoms with E-state index in [1.807, 2.05) is 0 Å². The number of methoxy groups -OCH3 is 1. The highest BCUT2D eigenvalue weighted by Crippen LogP contribution is 2.25. The van der Waals surface area contributed by atoms with Crippen LogP contribution < -0.4 is 0 Å². The molecule has 4 unspecified atom stereocenters. The number of rotatable bonds is 5. The lowest BCUT2D eigenvalue weighted by molar-refractivity contribution is -0.128. The second-order valence-corrected chi connectivity index (χ2v) is 3.75. The molecule has 1 aliphatic heterocycles. The highest BCUT2D eigenvalue weighted by Gasteiger charge is 2.42. The molecule has 0 amide bonds. The monoisotopic (exact) mass is 204 g/mol. The van der Waals surface area contributed by atoms with Crippen molar-refractivity contribution in [3.63, 3.8) is 0 Å². The summed E-state index contributed by atoms with van der Waals surface area (Å²) in [5, 5.41) is 18.8. The van der Waals surface area contributed by atoms with Gasteiger partial charge in [0, 0.05) is 7.11 Å². The Bertz CT molecular complexity index is 162. The predicted molar refractivity (Wildman–Crippen MR) is 51.8 cm³/mol. The number of hydrogen-bond donors (Lipinski definition) is 2. The normalized spacial score (nSPS) is 37.7. The van der Waals surface area contributed by atoms with Crippen molar-refractivity contribution in [1.82, 2.24) is 0 Å². The Kier molecular flexibility index (Phi) is 4.81. The van der Waals surface area contributed by atoms with E-state index in [0.29, 0.717) is 0 Å². The first-order valence-electron chi connectivity index (χ1n) is 5.25. The van der Waals surface area contributed by atoms with Gasteiger partial charge in [-0.1, -0.05) is 26.2 Å². The second-order valence-electron chi connectivity index (χ2n) is 3.75. The van der Waals surface area contributed by atoms with Crippen molar-refractivity contribution in [2.75, 3.05) is 7.11 Å². The minimum absolute atomic E-state index is 0.170. The number of ether oxygens (including phenoxy) is 2. The lowest BCUT2D eigenvalue weighted by Gasteiger charge is -2.17. The Labute approximate surface area is 84.8 Å². The topological polar surface area (TPSA) is 58.9 Å². The van der Waals surface area contributed by atoms with E-state index in [2.05, 4.69) is 6.92 Å². The molecule has 0 aromatic heterocycles. The van der Waals surface area contributed by atoms with E-state index >= 15 is 0 Å². The summed E-state index contributed by atoms with van der Waals surface area (Å²) in [5.74, 6) is 0. The highest BCUT2D eigenvalue weighted by molar-refractivity contribution is 4.86. The lowest BCUT2D eigenvalue weighted by Crippen LogP contribution is -2.34.